The minimum atomic E-state index is 0.386. The lowest BCUT2D eigenvalue weighted by molar-refractivity contribution is 0.340. The van der Waals surface area contributed by atoms with Crippen molar-refractivity contribution in [3.05, 3.63) is 28.6 Å². The van der Waals surface area contributed by atoms with Gasteiger partial charge in [-0.15, -0.1) is 5.10 Å². The Hall–Kier alpha value is -2.16. The van der Waals surface area contributed by atoms with Crippen molar-refractivity contribution in [2.24, 2.45) is 11.8 Å². The third-order valence-corrected chi connectivity index (χ3v) is 5.85. The van der Waals surface area contributed by atoms with Gasteiger partial charge in [-0.3, -0.25) is 0 Å². The number of anilines is 2. The second-order valence-corrected chi connectivity index (χ2v) is 7.71. The van der Waals surface area contributed by atoms with Crippen LogP contribution in [0.5, 0.6) is 0 Å². The van der Waals surface area contributed by atoms with Crippen LogP contribution >= 0.6 is 15.9 Å². The topological polar surface area (TPSA) is 84.4 Å². The zero-order valence-electron chi connectivity index (χ0n) is 13.8. The van der Waals surface area contributed by atoms with E-state index in [2.05, 4.69) is 46.4 Å². The van der Waals surface area contributed by atoms with Crippen molar-refractivity contribution in [2.45, 2.75) is 25.8 Å². The average molecular weight is 404 g/mol. The number of rotatable bonds is 3. The molecular formula is C16H18BrN7O. The molecule has 4 heterocycles. The van der Waals surface area contributed by atoms with Gasteiger partial charge >= 0.3 is 6.01 Å². The van der Waals surface area contributed by atoms with Gasteiger partial charge in [-0.2, -0.15) is 9.97 Å². The van der Waals surface area contributed by atoms with E-state index in [1.165, 1.54) is 12.8 Å². The Morgan fingerprint density at radius 2 is 2.04 bits per heavy atom. The van der Waals surface area contributed by atoms with E-state index >= 15 is 0 Å². The van der Waals surface area contributed by atoms with Crippen LogP contribution in [0.4, 0.5) is 12.0 Å². The molecule has 1 N–H and O–H groups in total. The summed E-state index contributed by atoms with van der Waals surface area (Å²) in [4.78, 5) is 11.2. The first-order valence-corrected chi connectivity index (χ1v) is 9.29. The van der Waals surface area contributed by atoms with E-state index in [0.717, 1.165) is 23.2 Å². The Morgan fingerprint density at radius 1 is 1.24 bits per heavy atom. The van der Waals surface area contributed by atoms with Crippen LogP contribution in [0.15, 0.2) is 27.3 Å². The molecular weight excluding hydrogens is 386 g/mol. The Kier molecular flexibility index (Phi) is 3.44. The van der Waals surface area contributed by atoms with Crippen molar-refractivity contribution in [1.82, 2.24) is 24.7 Å². The molecule has 5 rings (SSSR count). The summed E-state index contributed by atoms with van der Waals surface area (Å²) >= 11 is 3.53. The van der Waals surface area contributed by atoms with Crippen molar-refractivity contribution < 1.29 is 4.52 Å². The molecule has 1 aliphatic carbocycles. The molecule has 2 fully saturated rings. The molecule has 2 aliphatic rings. The maximum atomic E-state index is 5.35. The van der Waals surface area contributed by atoms with Gasteiger partial charge in [0.25, 0.3) is 0 Å². The van der Waals surface area contributed by atoms with E-state index in [1.807, 2.05) is 25.3 Å². The number of hydrogen-bond acceptors (Lipinski definition) is 7. The number of nitrogens with one attached hydrogen (secondary N) is 1. The van der Waals surface area contributed by atoms with Crippen molar-refractivity contribution in [2.75, 3.05) is 23.3 Å². The second kappa shape index (κ2) is 5.69. The van der Waals surface area contributed by atoms with Crippen LogP contribution in [-0.4, -0.2) is 43.9 Å². The summed E-state index contributed by atoms with van der Waals surface area (Å²) in [6, 6.07) is 4.95. The Morgan fingerprint density at radius 3 is 2.72 bits per heavy atom. The molecule has 2 bridgehead atoms. The summed E-state index contributed by atoms with van der Waals surface area (Å²) in [7, 11) is 0. The van der Waals surface area contributed by atoms with Crippen LogP contribution in [0, 0.1) is 18.8 Å². The third-order valence-electron chi connectivity index (χ3n) is 5.23. The smallest absolute Gasteiger partial charge is 0.324 e. The van der Waals surface area contributed by atoms with Crippen LogP contribution in [0.25, 0.3) is 5.65 Å². The van der Waals surface area contributed by atoms with Crippen LogP contribution in [-0.2, 0) is 0 Å². The minimum Gasteiger partial charge on any atom is -0.349 e. The van der Waals surface area contributed by atoms with E-state index in [9.17, 15) is 0 Å². The minimum absolute atomic E-state index is 0.386. The Labute approximate surface area is 152 Å². The van der Waals surface area contributed by atoms with Crippen LogP contribution < -0.4 is 10.2 Å². The first-order valence-electron chi connectivity index (χ1n) is 8.50. The molecule has 25 heavy (non-hydrogen) atoms. The van der Waals surface area contributed by atoms with Gasteiger partial charge in [0.15, 0.2) is 11.5 Å². The van der Waals surface area contributed by atoms with E-state index in [-0.39, 0.29) is 0 Å². The molecule has 0 amide bonds. The third kappa shape index (κ3) is 2.57. The largest absolute Gasteiger partial charge is 0.349 e. The standard InChI is InChI=1S/C16H18BrN7O/c1-9-18-16(25-22-9)23-7-10-4-5-11(8-23)13(10)19-15-20-14-12(17)3-2-6-24(14)21-15/h2-3,6,10-11,13H,4-5,7-8H2,1H3,(H,19,21)/t10-,11?,13-/m0/s1. The first kappa shape index (κ1) is 15.1. The van der Waals surface area contributed by atoms with Gasteiger partial charge in [0.05, 0.1) is 4.47 Å². The average Bonchev–Trinajstić information content (AvgIpc) is 3.26. The maximum absolute atomic E-state index is 5.35. The van der Waals surface area contributed by atoms with E-state index in [0.29, 0.717) is 35.7 Å². The molecule has 1 aliphatic heterocycles. The Balaban J connectivity index is 1.36. The number of fused-ring (bicyclic) bond motifs is 3. The molecule has 0 aromatic carbocycles. The second-order valence-electron chi connectivity index (χ2n) is 6.86. The van der Waals surface area contributed by atoms with Gasteiger partial charge in [-0.05, 0) is 59.7 Å². The fourth-order valence-corrected chi connectivity index (χ4v) is 4.54. The first-order chi connectivity index (χ1) is 12.2. The molecule has 3 aromatic heterocycles. The maximum Gasteiger partial charge on any atom is 0.324 e. The van der Waals surface area contributed by atoms with E-state index < -0.39 is 0 Å². The van der Waals surface area contributed by atoms with Gasteiger partial charge in [0, 0.05) is 25.3 Å². The molecule has 9 heteroatoms. The molecule has 1 saturated carbocycles. The molecule has 1 unspecified atom stereocenters. The normalized spacial score (nSPS) is 25.7. The van der Waals surface area contributed by atoms with Gasteiger partial charge in [0.1, 0.15) is 0 Å². The zero-order valence-corrected chi connectivity index (χ0v) is 15.3. The number of hydrogen-bond donors (Lipinski definition) is 1. The molecule has 8 nitrogen and oxygen atoms in total. The van der Waals surface area contributed by atoms with Gasteiger partial charge in [0.2, 0.25) is 5.95 Å². The zero-order chi connectivity index (χ0) is 17.0. The lowest BCUT2D eigenvalue weighted by atomic mass is 9.92. The highest BCUT2D eigenvalue weighted by atomic mass is 79.9. The summed E-state index contributed by atoms with van der Waals surface area (Å²) in [6.07, 6.45) is 4.30. The number of halogens is 1. The highest BCUT2D eigenvalue weighted by Crippen LogP contribution is 2.39. The van der Waals surface area contributed by atoms with E-state index in [1.54, 1.807) is 4.52 Å². The highest BCUT2D eigenvalue weighted by molar-refractivity contribution is 9.10. The van der Waals surface area contributed by atoms with Crippen LogP contribution in [0.2, 0.25) is 0 Å². The van der Waals surface area contributed by atoms with Crippen molar-refractivity contribution in [3.63, 3.8) is 0 Å². The summed E-state index contributed by atoms with van der Waals surface area (Å²) in [5, 5.41) is 12.0. The van der Waals surface area contributed by atoms with Crippen molar-refractivity contribution >= 4 is 33.5 Å². The van der Waals surface area contributed by atoms with Gasteiger partial charge in [-0.1, -0.05) is 5.16 Å². The lowest BCUT2D eigenvalue weighted by Crippen LogP contribution is -2.48. The molecule has 3 atom stereocenters. The predicted octanol–water partition coefficient (Wildman–Crippen LogP) is 2.51. The van der Waals surface area contributed by atoms with Gasteiger partial charge < -0.3 is 14.7 Å². The SMILES string of the molecule is Cc1noc(N2CC3CC[C@@H](C2)[C@@H]3Nc2nc3c(Br)cccn3n2)n1. The number of aromatic nitrogens is 5. The monoisotopic (exact) mass is 403 g/mol. The van der Waals surface area contributed by atoms with Crippen molar-refractivity contribution in [1.29, 1.82) is 0 Å². The van der Waals surface area contributed by atoms with Crippen LogP contribution in [0.3, 0.4) is 0 Å². The summed E-state index contributed by atoms with van der Waals surface area (Å²) < 4.78 is 8.09. The number of pyridine rings is 1. The highest BCUT2D eigenvalue weighted by Gasteiger charge is 2.43. The van der Waals surface area contributed by atoms with Gasteiger partial charge in [-0.25, -0.2) is 4.52 Å². The number of nitrogens with zero attached hydrogens (tertiary/aromatic N) is 6. The van der Waals surface area contributed by atoms with Crippen molar-refractivity contribution in [3.8, 4) is 0 Å². The quantitative estimate of drug-likeness (QED) is 0.718. The summed E-state index contributed by atoms with van der Waals surface area (Å²) in [6.45, 7) is 3.70. The number of piperidine rings is 1. The molecule has 130 valence electrons. The number of aryl methyl sites for hydroxylation is 1. The molecule has 0 radical (unpaired) electrons. The molecule has 0 spiro atoms. The Bertz CT molecular complexity index is 908. The fourth-order valence-electron chi connectivity index (χ4n) is 4.11. The molecule has 3 aromatic rings. The molecule has 1 saturated heterocycles. The predicted molar refractivity (Wildman–Crippen MR) is 95.6 cm³/mol. The fraction of sp³-hybridized carbons (Fsp3) is 0.500. The van der Waals surface area contributed by atoms with E-state index in [4.69, 9.17) is 4.52 Å². The lowest BCUT2D eigenvalue weighted by Gasteiger charge is -2.37. The van der Waals surface area contributed by atoms with Crippen LogP contribution in [0.1, 0.15) is 18.7 Å². The summed E-state index contributed by atoms with van der Waals surface area (Å²) in [5.74, 6) is 2.43. The summed E-state index contributed by atoms with van der Waals surface area (Å²) in [5.41, 5.74) is 0.830.